The summed E-state index contributed by atoms with van der Waals surface area (Å²) in [6.45, 7) is 8.47. The molecule has 0 saturated carbocycles. The molecule has 0 spiro atoms. The van der Waals surface area contributed by atoms with Crippen LogP contribution in [0, 0.1) is 17.8 Å². The van der Waals surface area contributed by atoms with Gasteiger partial charge in [0, 0.05) is 26.1 Å². The standard InChI is InChI=1S/C16H29N3O2/c1-12-8-13(2)10-19(9-12)15(20)11-18-6-4-14(5-7-18)16(21)17-3/h12-14H,4-11H2,1-3H3,(H,17,21). The molecule has 2 atom stereocenters. The highest BCUT2D eigenvalue weighted by Gasteiger charge is 2.29. The highest BCUT2D eigenvalue weighted by molar-refractivity contribution is 5.79. The lowest BCUT2D eigenvalue weighted by Gasteiger charge is -2.37. The molecule has 5 nitrogen and oxygen atoms in total. The van der Waals surface area contributed by atoms with Crippen LogP contribution in [-0.2, 0) is 9.59 Å². The summed E-state index contributed by atoms with van der Waals surface area (Å²) < 4.78 is 0. The SMILES string of the molecule is CNC(=O)C1CCN(CC(=O)N2CC(C)CC(C)C2)CC1. The molecular formula is C16H29N3O2. The number of likely N-dealkylation sites (tertiary alicyclic amines) is 2. The monoisotopic (exact) mass is 295 g/mol. The molecule has 1 N–H and O–H groups in total. The van der Waals surface area contributed by atoms with E-state index in [1.165, 1.54) is 6.42 Å². The summed E-state index contributed by atoms with van der Waals surface area (Å²) in [4.78, 5) is 28.3. The van der Waals surface area contributed by atoms with E-state index in [0.29, 0.717) is 18.4 Å². The number of amides is 2. The molecule has 0 aromatic heterocycles. The Morgan fingerprint density at radius 2 is 1.67 bits per heavy atom. The number of nitrogens with zero attached hydrogens (tertiary/aromatic N) is 2. The summed E-state index contributed by atoms with van der Waals surface area (Å²) in [7, 11) is 1.69. The van der Waals surface area contributed by atoms with Crippen molar-refractivity contribution in [1.29, 1.82) is 0 Å². The van der Waals surface area contributed by atoms with E-state index in [9.17, 15) is 9.59 Å². The molecule has 2 aliphatic heterocycles. The van der Waals surface area contributed by atoms with Crippen molar-refractivity contribution < 1.29 is 9.59 Å². The van der Waals surface area contributed by atoms with Gasteiger partial charge in [0.2, 0.25) is 11.8 Å². The van der Waals surface area contributed by atoms with E-state index in [-0.39, 0.29) is 17.7 Å². The molecule has 2 heterocycles. The van der Waals surface area contributed by atoms with Gasteiger partial charge in [0.1, 0.15) is 0 Å². The molecule has 0 radical (unpaired) electrons. The Morgan fingerprint density at radius 3 is 2.19 bits per heavy atom. The van der Waals surface area contributed by atoms with Crippen LogP contribution in [0.4, 0.5) is 0 Å². The molecule has 0 bridgehead atoms. The second-order valence-electron chi connectivity index (χ2n) is 6.91. The van der Waals surface area contributed by atoms with E-state index in [1.807, 2.05) is 4.90 Å². The minimum absolute atomic E-state index is 0.122. The van der Waals surface area contributed by atoms with Crippen LogP contribution >= 0.6 is 0 Å². The van der Waals surface area contributed by atoms with Crippen LogP contribution in [0.3, 0.4) is 0 Å². The predicted octanol–water partition coefficient (Wildman–Crippen LogP) is 0.949. The fourth-order valence-corrected chi connectivity index (χ4v) is 3.72. The van der Waals surface area contributed by atoms with Crippen molar-refractivity contribution in [3.05, 3.63) is 0 Å². The molecule has 21 heavy (non-hydrogen) atoms. The Balaban J connectivity index is 1.78. The van der Waals surface area contributed by atoms with Gasteiger partial charge >= 0.3 is 0 Å². The molecule has 2 aliphatic rings. The number of hydrogen-bond donors (Lipinski definition) is 1. The minimum atomic E-state index is 0.122. The molecule has 0 aromatic rings. The smallest absolute Gasteiger partial charge is 0.236 e. The van der Waals surface area contributed by atoms with Gasteiger partial charge < -0.3 is 10.2 Å². The van der Waals surface area contributed by atoms with Crippen molar-refractivity contribution in [2.24, 2.45) is 17.8 Å². The summed E-state index contributed by atoms with van der Waals surface area (Å²) in [6.07, 6.45) is 2.95. The molecule has 2 saturated heterocycles. The number of rotatable bonds is 3. The molecule has 2 unspecified atom stereocenters. The Hall–Kier alpha value is -1.10. The molecule has 2 rings (SSSR count). The first-order valence-corrected chi connectivity index (χ1v) is 8.21. The van der Waals surface area contributed by atoms with Gasteiger partial charge in [-0.3, -0.25) is 14.5 Å². The first-order chi connectivity index (χ1) is 9.99. The van der Waals surface area contributed by atoms with Crippen molar-refractivity contribution >= 4 is 11.8 Å². The van der Waals surface area contributed by atoms with Gasteiger partial charge in [0.25, 0.3) is 0 Å². The zero-order valence-electron chi connectivity index (χ0n) is 13.6. The van der Waals surface area contributed by atoms with Crippen LogP contribution in [0.15, 0.2) is 0 Å². The fraction of sp³-hybridized carbons (Fsp3) is 0.875. The van der Waals surface area contributed by atoms with Crippen molar-refractivity contribution in [1.82, 2.24) is 15.1 Å². The number of carbonyl (C=O) groups excluding carboxylic acids is 2. The van der Waals surface area contributed by atoms with Crippen LogP contribution in [0.25, 0.3) is 0 Å². The zero-order valence-corrected chi connectivity index (χ0v) is 13.6. The Morgan fingerprint density at radius 1 is 1.10 bits per heavy atom. The lowest BCUT2D eigenvalue weighted by atomic mass is 9.92. The topological polar surface area (TPSA) is 52.7 Å². The van der Waals surface area contributed by atoms with E-state index >= 15 is 0 Å². The van der Waals surface area contributed by atoms with Crippen LogP contribution in [-0.4, -0.2) is 61.4 Å². The van der Waals surface area contributed by atoms with Gasteiger partial charge in [-0.05, 0) is 44.2 Å². The number of hydrogen-bond acceptors (Lipinski definition) is 3. The first kappa shape index (κ1) is 16.3. The van der Waals surface area contributed by atoms with Crippen LogP contribution in [0.5, 0.6) is 0 Å². The Bertz CT molecular complexity index is 368. The first-order valence-electron chi connectivity index (χ1n) is 8.21. The maximum atomic E-state index is 12.4. The van der Waals surface area contributed by atoms with Crippen molar-refractivity contribution in [3.8, 4) is 0 Å². The summed E-state index contributed by atoms with van der Waals surface area (Å²) in [5, 5.41) is 2.72. The molecule has 2 amide bonds. The lowest BCUT2D eigenvalue weighted by molar-refractivity contribution is -0.135. The van der Waals surface area contributed by atoms with E-state index in [0.717, 1.165) is 39.0 Å². The molecule has 120 valence electrons. The summed E-state index contributed by atoms with van der Waals surface area (Å²) >= 11 is 0. The third kappa shape index (κ3) is 4.43. The summed E-state index contributed by atoms with van der Waals surface area (Å²) in [6, 6.07) is 0. The average molecular weight is 295 g/mol. The molecule has 0 aliphatic carbocycles. The van der Waals surface area contributed by atoms with Crippen molar-refractivity contribution in [2.45, 2.75) is 33.1 Å². The van der Waals surface area contributed by atoms with Crippen molar-refractivity contribution in [2.75, 3.05) is 39.8 Å². The maximum Gasteiger partial charge on any atom is 0.236 e. The molecular weight excluding hydrogens is 266 g/mol. The van der Waals surface area contributed by atoms with Gasteiger partial charge in [-0.25, -0.2) is 0 Å². The highest BCUT2D eigenvalue weighted by atomic mass is 16.2. The molecule has 0 aromatic carbocycles. The Labute approximate surface area is 128 Å². The number of piperidine rings is 2. The predicted molar refractivity (Wildman–Crippen MR) is 82.8 cm³/mol. The Kier molecular flexibility index (Phi) is 5.62. The second-order valence-corrected chi connectivity index (χ2v) is 6.91. The minimum Gasteiger partial charge on any atom is -0.359 e. The van der Waals surface area contributed by atoms with Gasteiger partial charge in [0.15, 0.2) is 0 Å². The van der Waals surface area contributed by atoms with Gasteiger partial charge in [-0.1, -0.05) is 13.8 Å². The molecule has 5 heteroatoms. The lowest BCUT2D eigenvalue weighted by Crippen LogP contribution is -2.49. The second kappa shape index (κ2) is 7.25. The zero-order chi connectivity index (χ0) is 15.4. The maximum absolute atomic E-state index is 12.4. The summed E-state index contributed by atoms with van der Waals surface area (Å²) in [5.74, 6) is 1.73. The largest absolute Gasteiger partial charge is 0.359 e. The van der Waals surface area contributed by atoms with Gasteiger partial charge in [-0.2, -0.15) is 0 Å². The van der Waals surface area contributed by atoms with E-state index in [1.54, 1.807) is 7.05 Å². The van der Waals surface area contributed by atoms with Crippen LogP contribution < -0.4 is 5.32 Å². The van der Waals surface area contributed by atoms with Crippen LogP contribution in [0.1, 0.15) is 33.1 Å². The third-order valence-electron chi connectivity index (χ3n) is 4.79. The normalized spacial score (nSPS) is 28.4. The molecule has 2 fully saturated rings. The van der Waals surface area contributed by atoms with E-state index in [4.69, 9.17) is 0 Å². The number of nitrogens with one attached hydrogen (secondary N) is 1. The third-order valence-corrected chi connectivity index (χ3v) is 4.79. The number of carbonyl (C=O) groups is 2. The van der Waals surface area contributed by atoms with E-state index in [2.05, 4.69) is 24.1 Å². The van der Waals surface area contributed by atoms with Gasteiger partial charge in [0.05, 0.1) is 6.54 Å². The fourth-order valence-electron chi connectivity index (χ4n) is 3.72. The van der Waals surface area contributed by atoms with Gasteiger partial charge in [-0.15, -0.1) is 0 Å². The van der Waals surface area contributed by atoms with Crippen molar-refractivity contribution in [3.63, 3.8) is 0 Å². The average Bonchev–Trinajstić information content (AvgIpc) is 2.46. The highest BCUT2D eigenvalue weighted by Crippen LogP contribution is 2.22. The summed E-state index contributed by atoms with van der Waals surface area (Å²) in [5.41, 5.74) is 0. The quantitative estimate of drug-likeness (QED) is 0.843. The van der Waals surface area contributed by atoms with Crippen LogP contribution in [0.2, 0.25) is 0 Å². The van der Waals surface area contributed by atoms with E-state index < -0.39 is 0 Å².